The highest BCUT2D eigenvalue weighted by atomic mass is 19.1. The van der Waals surface area contributed by atoms with Crippen LogP contribution in [-0.4, -0.2) is 35.9 Å². The van der Waals surface area contributed by atoms with Crippen molar-refractivity contribution in [1.29, 1.82) is 0 Å². The highest BCUT2D eigenvalue weighted by molar-refractivity contribution is 5.99. The third kappa shape index (κ3) is 3.63. The molecule has 2 atom stereocenters. The Balaban J connectivity index is 1.58. The Hall–Kier alpha value is -3.48. The standard InChI is InChI=1S/C22H20FN3O3/c1-26-20(27)11-18(21(26)13-3-6-15(23)7-4-13)22(28)25-16-9-14-5-8-17(29-2)10-19(14)24-12-16/h3-10,12,18,21H,11H2,1-2H3,(H,25,28). The molecular formula is C22H20FN3O3. The van der Waals surface area contributed by atoms with Gasteiger partial charge in [-0.1, -0.05) is 12.1 Å². The number of pyridine rings is 1. The maximum atomic E-state index is 13.3. The van der Waals surface area contributed by atoms with Gasteiger partial charge >= 0.3 is 0 Å². The number of carbonyl (C=O) groups is 2. The summed E-state index contributed by atoms with van der Waals surface area (Å²) in [4.78, 5) is 31.2. The molecule has 2 amide bonds. The van der Waals surface area contributed by atoms with Crippen molar-refractivity contribution in [2.75, 3.05) is 19.5 Å². The van der Waals surface area contributed by atoms with Crippen LogP contribution in [-0.2, 0) is 9.59 Å². The second kappa shape index (κ2) is 7.50. The Morgan fingerprint density at radius 3 is 2.69 bits per heavy atom. The maximum Gasteiger partial charge on any atom is 0.230 e. The molecule has 2 unspecified atom stereocenters. The molecule has 1 aliphatic heterocycles. The first-order valence-electron chi connectivity index (χ1n) is 9.22. The smallest absolute Gasteiger partial charge is 0.230 e. The van der Waals surface area contributed by atoms with Gasteiger partial charge in [0.1, 0.15) is 11.6 Å². The minimum Gasteiger partial charge on any atom is -0.497 e. The first-order chi connectivity index (χ1) is 14.0. The van der Waals surface area contributed by atoms with Gasteiger partial charge in [-0.15, -0.1) is 0 Å². The Morgan fingerprint density at radius 1 is 1.21 bits per heavy atom. The molecule has 148 valence electrons. The quantitative estimate of drug-likeness (QED) is 0.736. The number of nitrogens with one attached hydrogen (secondary N) is 1. The summed E-state index contributed by atoms with van der Waals surface area (Å²) in [6, 6.07) is 12.8. The second-order valence-corrected chi connectivity index (χ2v) is 7.08. The number of halogens is 1. The van der Waals surface area contributed by atoms with E-state index in [0.29, 0.717) is 11.4 Å². The number of nitrogens with zero attached hydrogens (tertiary/aromatic N) is 2. The van der Waals surface area contributed by atoms with Crippen LogP contribution in [0.4, 0.5) is 10.1 Å². The number of aromatic nitrogens is 1. The van der Waals surface area contributed by atoms with Crippen LogP contribution in [0.25, 0.3) is 10.9 Å². The molecule has 3 aromatic rings. The van der Waals surface area contributed by atoms with Gasteiger partial charge in [0.05, 0.1) is 36.5 Å². The van der Waals surface area contributed by atoms with Crippen LogP contribution >= 0.6 is 0 Å². The first-order valence-corrected chi connectivity index (χ1v) is 9.22. The Kier molecular flexibility index (Phi) is 4.88. The number of likely N-dealkylation sites (tertiary alicyclic amines) is 1. The highest BCUT2D eigenvalue weighted by Crippen LogP contribution is 2.37. The molecule has 1 fully saturated rings. The summed E-state index contributed by atoms with van der Waals surface area (Å²) < 4.78 is 18.5. The zero-order chi connectivity index (χ0) is 20.5. The average Bonchev–Trinajstić information content (AvgIpc) is 3.03. The van der Waals surface area contributed by atoms with E-state index >= 15 is 0 Å². The van der Waals surface area contributed by atoms with Gasteiger partial charge in [-0.05, 0) is 35.9 Å². The van der Waals surface area contributed by atoms with E-state index in [1.807, 2.05) is 24.3 Å². The lowest BCUT2D eigenvalue weighted by Crippen LogP contribution is -2.30. The predicted molar refractivity (Wildman–Crippen MR) is 107 cm³/mol. The molecule has 29 heavy (non-hydrogen) atoms. The largest absolute Gasteiger partial charge is 0.497 e. The number of amides is 2. The van der Waals surface area contributed by atoms with Crippen LogP contribution in [0.1, 0.15) is 18.0 Å². The van der Waals surface area contributed by atoms with E-state index in [2.05, 4.69) is 10.3 Å². The number of hydrogen-bond donors (Lipinski definition) is 1. The fourth-order valence-electron chi connectivity index (χ4n) is 3.75. The number of ether oxygens (including phenoxy) is 1. The molecule has 7 heteroatoms. The van der Waals surface area contributed by atoms with E-state index in [-0.39, 0.29) is 24.1 Å². The topological polar surface area (TPSA) is 71.5 Å². The molecule has 1 N–H and O–H groups in total. The van der Waals surface area contributed by atoms with Gasteiger partial charge in [-0.25, -0.2) is 4.39 Å². The molecule has 1 saturated heterocycles. The summed E-state index contributed by atoms with van der Waals surface area (Å²) in [5, 5.41) is 3.73. The number of carbonyl (C=O) groups excluding carboxylic acids is 2. The molecule has 1 aromatic heterocycles. The van der Waals surface area contributed by atoms with Crippen molar-refractivity contribution >= 4 is 28.4 Å². The average molecular weight is 393 g/mol. The van der Waals surface area contributed by atoms with Crippen LogP contribution in [0.15, 0.2) is 54.7 Å². The number of benzene rings is 2. The van der Waals surface area contributed by atoms with E-state index in [9.17, 15) is 14.0 Å². The van der Waals surface area contributed by atoms with Crippen LogP contribution in [0, 0.1) is 11.7 Å². The summed E-state index contributed by atoms with van der Waals surface area (Å²) in [5.74, 6) is -0.628. The first kappa shape index (κ1) is 18.9. The van der Waals surface area contributed by atoms with Crippen molar-refractivity contribution < 1.29 is 18.7 Å². The highest BCUT2D eigenvalue weighted by Gasteiger charge is 2.42. The van der Waals surface area contributed by atoms with Gasteiger partial charge in [0.15, 0.2) is 0 Å². The van der Waals surface area contributed by atoms with Gasteiger partial charge in [0.25, 0.3) is 0 Å². The summed E-state index contributed by atoms with van der Waals surface area (Å²) >= 11 is 0. The monoisotopic (exact) mass is 393 g/mol. The van der Waals surface area contributed by atoms with Crippen molar-refractivity contribution in [2.45, 2.75) is 12.5 Å². The molecule has 6 nitrogen and oxygen atoms in total. The predicted octanol–water partition coefficient (Wildman–Crippen LogP) is 3.54. The fourth-order valence-corrected chi connectivity index (χ4v) is 3.75. The van der Waals surface area contributed by atoms with Crippen LogP contribution in [0.5, 0.6) is 5.75 Å². The maximum absolute atomic E-state index is 13.3. The molecule has 0 saturated carbocycles. The summed E-state index contributed by atoms with van der Waals surface area (Å²) in [7, 11) is 3.25. The lowest BCUT2D eigenvalue weighted by atomic mass is 9.93. The van der Waals surface area contributed by atoms with E-state index in [1.165, 1.54) is 12.1 Å². The Labute approximate surface area is 167 Å². The zero-order valence-corrected chi connectivity index (χ0v) is 16.1. The third-order valence-corrected chi connectivity index (χ3v) is 5.29. The van der Waals surface area contributed by atoms with Gasteiger partial charge in [0, 0.05) is 24.9 Å². The number of hydrogen-bond acceptors (Lipinski definition) is 4. The lowest BCUT2D eigenvalue weighted by Gasteiger charge is -2.25. The third-order valence-electron chi connectivity index (χ3n) is 5.29. The molecule has 1 aliphatic rings. The molecule has 0 bridgehead atoms. The number of rotatable bonds is 4. The van der Waals surface area contributed by atoms with E-state index in [1.54, 1.807) is 37.4 Å². The van der Waals surface area contributed by atoms with Gasteiger partial charge in [-0.3, -0.25) is 14.6 Å². The number of methoxy groups -OCH3 is 1. The van der Waals surface area contributed by atoms with E-state index in [0.717, 1.165) is 16.5 Å². The zero-order valence-electron chi connectivity index (χ0n) is 16.1. The fraction of sp³-hybridized carbons (Fsp3) is 0.227. The van der Waals surface area contributed by atoms with E-state index in [4.69, 9.17) is 4.74 Å². The van der Waals surface area contributed by atoms with Crippen LogP contribution in [0.2, 0.25) is 0 Å². The Bertz CT molecular complexity index is 1080. The molecule has 4 rings (SSSR count). The van der Waals surface area contributed by atoms with Crippen molar-refractivity contribution in [2.24, 2.45) is 5.92 Å². The molecule has 0 radical (unpaired) electrons. The van der Waals surface area contributed by atoms with Crippen molar-refractivity contribution in [3.8, 4) is 5.75 Å². The normalized spacial score (nSPS) is 18.9. The molecule has 2 aromatic carbocycles. The van der Waals surface area contributed by atoms with Gasteiger partial charge < -0.3 is 15.0 Å². The molecular weight excluding hydrogens is 373 g/mol. The van der Waals surface area contributed by atoms with Crippen molar-refractivity contribution in [1.82, 2.24) is 9.88 Å². The van der Waals surface area contributed by atoms with Gasteiger partial charge in [-0.2, -0.15) is 0 Å². The van der Waals surface area contributed by atoms with Crippen molar-refractivity contribution in [3.05, 3.63) is 66.1 Å². The number of fused-ring (bicyclic) bond motifs is 1. The molecule has 0 aliphatic carbocycles. The van der Waals surface area contributed by atoms with Crippen LogP contribution in [0.3, 0.4) is 0 Å². The van der Waals surface area contributed by atoms with Crippen molar-refractivity contribution in [3.63, 3.8) is 0 Å². The Morgan fingerprint density at radius 2 is 1.97 bits per heavy atom. The summed E-state index contributed by atoms with van der Waals surface area (Å²) in [5.41, 5.74) is 2.03. The number of anilines is 1. The minimum atomic E-state index is -0.579. The van der Waals surface area contributed by atoms with E-state index < -0.39 is 12.0 Å². The minimum absolute atomic E-state index is 0.0998. The SMILES string of the molecule is COc1ccc2cc(NC(=O)C3CC(=O)N(C)C3c3ccc(F)cc3)cnc2c1. The summed E-state index contributed by atoms with van der Waals surface area (Å²) in [6.45, 7) is 0. The van der Waals surface area contributed by atoms with Gasteiger partial charge in [0.2, 0.25) is 11.8 Å². The lowest BCUT2D eigenvalue weighted by molar-refractivity contribution is -0.127. The molecule has 2 heterocycles. The van der Waals surface area contributed by atoms with Crippen LogP contribution < -0.4 is 10.1 Å². The molecule has 0 spiro atoms. The summed E-state index contributed by atoms with van der Waals surface area (Å²) in [6.07, 6.45) is 1.68. The second-order valence-electron chi connectivity index (χ2n) is 7.08.